The molecule has 0 unspecified atom stereocenters. The molecule has 4 nitrogen and oxygen atoms in total. The van der Waals surface area contributed by atoms with Crippen molar-refractivity contribution in [1.29, 1.82) is 0 Å². The molecule has 0 aromatic heterocycles. The zero-order valence-electron chi connectivity index (χ0n) is 12.1. The van der Waals surface area contributed by atoms with Crippen LogP contribution in [-0.4, -0.2) is 12.5 Å². The second kappa shape index (κ2) is 5.58. The number of anilines is 2. The highest BCUT2D eigenvalue weighted by molar-refractivity contribution is 6.06. The van der Waals surface area contributed by atoms with E-state index in [0.29, 0.717) is 5.56 Å². The largest absolute Gasteiger partial charge is 0.324 e. The Bertz CT molecular complexity index is 664. The van der Waals surface area contributed by atoms with Gasteiger partial charge in [-0.25, -0.2) is 0 Å². The molecule has 3 rings (SSSR count). The maximum atomic E-state index is 12.7. The Morgan fingerprint density at radius 3 is 2.67 bits per heavy atom. The number of nitrogens with one attached hydrogen (secondary N) is 1. The van der Waals surface area contributed by atoms with Crippen LogP contribution in [0.2, 0.25) is 0 Å². The third-order valence-electron chi connectivity index (χ3n) is 3.90. The van der Waals surface area contributed by atoms with Crippen LogP contribution in [0.1, 0.15) is 27.9 Å². The molecule has 0 spiro atoms. The van der Waals surface area contributed by atoms with Crippen molar-refractivity contribution in [2.75, 3.05) is 16.9 Å². The van der Waals surface area contributed by atoms with E-state index >= 15 is 0 Å². The van der Waals surface area contributed by atoms with Gasteiger partial charge in [-0.3, -0.25) is 10.6 Å². The van der Waals surface area contributed by atoms with Gasteiger partial charge in [-0.1, -0.05) is 17.7 Å². The molecule has 0 saturated heterocycles. The maximum Gasteiger partial charge on any atom is 0.258 e. The fourth-order valence-electron chi connectivity index (χ4n) is 2.80. The Labute approximate surface area is 124 Å². The number of benzene rings is 2. The van der Waals surface area contributed by atoms with E-state index in [9.17, 15) is 4.79 Å². The van der Waals surface area contributed by atoms with Gasteiger partial charge in [-0.05, 0) is 55.7 Å². The first-order chi connectivity index (χ1) is 10.2. The Morgan fingerprint density at radius 1 is 1.19 bits per heavy atom. The first-order valence-corrected chi connectivity index (χ1v) is 7.17. The molecule has 1 amide bonds. The Hall–Kier alpha value is -2.33. The number of hydrogen-bond donors (Lipinski definition) is 2. The minimum absolute atomic E-state index is 0.0448. The van der Waals surface area contributed by atoms with Crippen LogP contribution in [0, 0.1) is 6.92 Å². The van der Waals surface area contributed by atoms with E-state index in [1.54, 1.807) is 12.1 Å². The average molecular weight is 281 g/mol. The van der Waals surface area contributed by atoms with Gasteiger partial charge in [0.1, 0.15) is 0 Å². The number of carbonyl (C=O) groups excluding carboxylic acids is 1. The van der Waals surface area contributed by atoms with Crippen molar-refractivity contribution in [3.05, 3.63) is 59.2 Å². The molecule has 4 heteroatoms. The van der Waals surface area contributed by atoms with Crippen molar-refractivity contribution in [1.82, 2.24) is 0 Å². The number of amides is 1. The van der Waals surface area contributed by atoms with Crippen LogP contribution in [0.5, 0.6) is 0 Å². The Balaban J connectivity index is 1.92. The zero-order chi connectivity index (χ0) is 14.8. The molecule has 2 aromatic carbocycles. The topological polar surface area (TPSA) is 58.4 Å². The number of nitrogens with two attached hydrogens (primary N) is 1. The second-order valence-corrected chi connectivity index (χ2v) is 5.41. The van der Waals surface area contributed by atoms with Crippen LogP contribution >= 0.6 is 0 Å². The molecule has 0 fully saturated rings. The van der Waals surface area contributed by atoms with Gasteiger partial charge in [0, 0.05) is 23.5 Å². The van der Waals surface area contributed by atoms with Gasteiger partial charge in [0.25, 0.3) is 5.91 Å². The molecular weight excluding hydrogens is 262 g/mol. The summed E-state index contributed by atoms with van der Waals surface area (Å²) in [6, 6.07) is 13.5. The van der Waals surface area contributed by atoms with E-state index < -0.39 is 0 Å². The number of rotatable bonds is 2. The summed E-state index contributed by atoms with van der Waals surface area (Å²) in [5.41, 5.74) is 7.58. The third-order valence-corrected chi connectivity index (χ3v) is 3.90. The smallest absolute Gasteiger partial charge is 0.258 e. The lowest BCUT2D eigenvalue weighted by Crippen LogP contribution is -2.35. The predicted octanol–water partition coefficient (Wildman–Crippen LogP) is 2.87. The average Bonchev–Trinajstić information content (AvgIpc) is 2.53. The van der Waals surface area contributed by atoms with Crippen molar-refractivity contribution in [3.8, 4) is 0 Å². The monoisotopic (exact) mass is 281 g/mol. The highest BCUT2D eigenvalue weighted by Gasteiger charge is 2.23. The van der Waals surface area contributed by atoms with Gasteiger partial charge in [0.15, 0.2) is 0 Å². The summed E-state index contributed by atoms with van der Waals surface area (Å²) < 4.78 is 0. The Kier molecular flexibility index (Phi) is 3.62. The van der Waals surface area contributed by atoms with Crippen molar-refractivity contribution >= 4 is 17.3 Å². The third kappa shape index (κ3) is 2.62. The summed E-state index contributed by atoms with van der Waals surface area (Å²) in [6.45, 7) is 2.85. The van der Waals surface area contributed by atoms with Crippen LogP contribution in [-0.2, 0) is 6.42 Å². The number of aryl methyl sites for hydroxylation is 2. The van der Waals surface area contributed by atoms with Crippen LogP contribution in [0.25, 0.3) is 0 Å². The zero-order valence-corrected chi connectivity index (χ0v) is 12.1. The number of fused-ring (bicyclic) bond motifs is 1. The first-order valence-electron chi connectivity index (χ1n) is 7.17. The predicted molar refractivity (Wildman–Crippen MR) is 85.4 cm³/mol. The molecule has 21 heavy (non-hydrogen) atoms. The van der Waals surface area contributed by atoms with Gasteiger partial charge in [-0.2, -0.15) is 0 Å². The number of hydrazine groups is 1. The van der Waals surface area contributed by atoms with Gasteiger partial charge in [0.05, 0.1) is 0 Å². The van der Waals surface area contributed by atoms with E-state index in [1.165, 1.54) is 11.1 Å². The number of nitrogen functional groups attached to an aromatic ring is 1. The minimum atomic E-state index is 0.0448. The number of carbonyl (C=O) groups is 1. The maximum absolute atomic E-state index is 12.7. The molecule has 0 aliphatic carbocycles. The van der Waals surface area contributed by atoms with Crippen LogP contribution in [0.3, 0.4) is 0 Å². The highest BCUT2D eigenvalue weighted by atomic mass is 16.2. The molecule has 2 aromatic rings. The normalized spacial score (nSPS) is 13.7. The SMILES string of the molecule is Cc1ccc2c(c1)CCCN2C(=O)c1ccc(NN)cc1. The molecule has 1 aliphatic heterocycles. The van der Waals surface area contributed by atoms with Gasteiger partial charge >= 0.3 is 0 Å². The Morgan fingerprint density at radius 2 is 1.95 bits per heavy atom. The minimum Gasteiger partial charge on any atom is -0.324 e. The van der Waals surface area contributed by atoms with E-state index in [1.807, 2.05) is 17.0 Å². The molecule has 0 saturated carbocycles. The number of hydrogen-bond acceptors (Lipinski definition) is 3. The molecule has 1 aliphatic rings. The van der Waals surface area contributed by atoms with Crippen molar-refractivity contribution in [3.63, 3.8) is 0 Å². The van der Waals surface area contributed by atoms with Gasteiger partial charge in [-0.15, -0.1) is 0 Å². The molecule has 0 radical (unpaired) electrons. The summed E-state index contributed by atoms with van der Waals surface area (Å²) >= 11 is 0. The van der Waals surface area contributed by atoms with Crippen LogP contribution < -0.4 is 16.2 Å². The van der Waals surface area contributed by atoms with Crippen molar-refractivity contribution in [2.45, 2.75) is 19.8 Å². The lowest BCUT2D eigenvalue weighted by atomic mass is 9.99. The summed E-state index contributed by atoms with van der Waals surface area (Å²) in [4.78, 5) is 14.6. The van der Waals surface area contributed by atoms with Crippen LogP contribution in [0.4, 0.5) is 11.4 Å². The first kappa shape index (κ1) is 13.6. The van der Waals surface area contributed by atoms with Gasteiger partial charge < -0.3 is 10.3 Å². The lowest BCUT2D eigenvalue weighted by Gasteiger charge is -2.30. The summed E-state index contributed by atoms with van der Waals surface area (Å²) in [5.74, 6) is 5.40. The van der Waals surface area contributed by atoms with Crippen LogP contribution in [0.15, 0.2) is 42.5 Å². The quantitative estimate of drug-likeness (QED) is 0.657. The molecule has 0 atom stereocenters. The van der Waals surface area contributed by atoms with Gasteiger partial charge in [0.2, 0.25) is 0 Å². The van der Waals surface area contributed by atoms with E-state index in [0.717, 1.165) is 30.8 Å². The molecule has 108 valence electrons. The lowest BCUT2D eigenvalue weighted by molar-refractivity contribution is 0.0985. The second-order valence-electron chi connectivity index (χ2n) is 5.41. The molecule has 1 heterocycles. The molecule has 0 bridgehead atoms. The molecular formula is C17H19N3O. The van der Waals surface area contributed by atoms with E-state index in [4.69, 9.17) is 5.84 Å². The van der Waals surface area contributed by atoms with Crippen molar-refractivity contribution < 1.29 is 4.79 Å². The van der Waals surface area contributed by atoms with E-state index in [2.05, 4.69) is 30.5 Å². The van der Waals surface area contributed by atoms with E-state index in [-0.39, 0.29) is 5.91 Å². The summed E-state index contributed by atoms with van der Waals surface area (Å²) in [7, 11) is 0. The summed E-state index contributed by atoms with van der Waals surface area (Å²) in [6.07, 6.45) is 2.04. The molecule has 3 N–H and O–H groups in total. The number of nitrogens with zero attached hydrogens (tertiary/aromatic N) is 1. The standard InChI is InChI=1S/C17H19N3O/c1-12-4-9-16-14(11-12)3-2-10-20(16)17(21)13-5-7-15(19-18)8-6-13/h4-9,11,19H,2-3,10,18H2,1H3. The van der Waals surface area contributed by atoms with Crippen molar-refractivity contribution in [2.24, 2.45) is 5.84 Å². The highest BCUT2D eigenvalue weighted by Crippen LogP contribution is 2.29. The fraction of sp³-hybridized carbons (Fsp3) is 0.235. The summed E-state index contributed by atoms with van der Waals surface area (Å²) in [5, 5.41) is 0. The fourth-order valence-corrected chi connectivity index (χ4v) is 2.80.